The Kier molecular flexibility index (Phi) is 34.8. The second-order valence-electron chi connectivity index (χ2n) is 29.5. The second kappa shape index (κ2) is 48.7. The van der Waals surface area contributed by atoms with Crippen LogP contribution in [0, 0.1) is 24.3 Å². The van der Waals surface area contributed by atoms with Crippen LogP contribution in [-0.2, 0) is 110 Å². The molecular formula is C111H75N19O2Pt4S2-2. The van der Waals surface area contributed by atoms with Crippen LogP contribution in [0.25, 0.3) is 102 Å². The number of nitrogens with zero attached hydrogens (tertiary/aromatic N) is 19. The van der Waals surface area contributed by atoms with Crippen LogP contribution in [0.4, 0.5) is 69.3 Å². The number of aromatic hydroxyl groups is 2. The van der Waals surface area contributed by atoms with Gasteiger partial charge < -0.3 is 35.5 Å². The molecule has 0 amide bonds. The zero-order chi connectivity index (χ0) is 91.0. The van der Waals surface area contributed by atoms with Crippen molar-refractivity contribution in [3.05, 3.63) is 468 Å². The third-order valence-electron chi connectivity index (χ3n) is 20.7. The van der Waals surface area contributed by atoms with E-state index in [1.165, 1.54) is 6.33 Å². The van der Waals surface area contributed by atoms with Crippen molar-refractivity contribution in [3.63, 3.8) is 0 Å². The third kappa shape index (κ3) is 24.3. The zero-order valence-electron chi connectivity index (χ0n) is 72.6. The van der Waals surface area contributed by atoms with Gasteiger partial charge in [0.2, 0.25) is 0 Å². The minimum Gasteiger partial charge on any atom is -0.792 e. The molecule has 0 atom stereocenters. The summed E-state index contributed by atoms with van der Waals surface area (Å²) in [5.74, 6) is 6.23. The maximum absolute atomic E-state index is 10.2. The number of benzene rings is 9. The first-order valence-electron chi connectivity index (χ1n) is 42.4. The van der Waals surface area contributed by atoms with Crippen molar-refractivity contribution in [2.75, 3.05) is 19.6 Å². The van der Waals surface area contributed by atoms with E-state index in [2.05, 4.69) is 86.7 Å². The minimum atomic E-state index is 0. The van der Waals surface area contributed by atoms with Gasteiger partial charge in [0.15, 0.2) is 0 Å². The average molecular weight is 2550 g/mol. The summed E-state index contributed by atoms with van der Waals surface area (Å²) in [5.41, 5.74) is 16.3. The molecule has 0 unspecified atom stereocenters. The van der Waals surface area contributed by atoms with E-state index in [0.717, 1.165) is 112 Å². The number of para-hydroxylation sites is 6. The largest absolute Gasteiger partial charge is 2.00 e. The first kappa shape index (κ1) is 98.6. The summed E-state index contributed by atoms with van der Waals surface area (Å²) in [7, 11) is 0. The molecule has 21 rings (SSSR count). The van der Waals surface area contributed by atoms with Crippen molar-refractivity contribution < 1.29 is 94.5 Å². The molecule has 21 nitrogen and oxygen atoms in total. The van der Waals surface area contributed by atoms with Crippen LogP contribution >= 0.6 is 0 Å². The number of phenolic OH excluding ortho intramolecular Hbond substituents is 2. The summed E-state index contributed by atoms with van der Waals surface area (Å²) >= 11 is 11.1. The van der Waals surface area contributed by atoms with Crippen LogP contribution in [0.5, 0.6) is 11.5 Å². The van der Waals surface area contributed by atoms with Crippen LogP contribution in [0.2, 0.25) is 0 Å². The van der Waals surface area contributed by atoms with E-state index in [1.54, 1.807) is 61.3 Å². The van der Waals surface area contributed by atoms with E-state index in [9.17, 15) is 10.2 Å². The third-order valence-corrected chi connectivity index (χ3v) is 21.4. The molecule has 27 heteroatoms. The van der Waals surface area contributed by atoms with Crippen molar-refractivity contribution in [1.29, 1.82) is 0 Å². The molecule has 0 aliphatic rings. The summed E-state index contributed by atoms with van der Waals surface area (Å²) in [6, 6.07) is 143. The Morgan fingerprint density at radius 1 is 0.225 bits per heavy atom. The number of rotatable bonds is 21. The monoisotopic (exact) mass is 2550 g/mol. The van der Waals surface area contributed by atoms with Crippen LogP contribution < -0.4 is 19.6 Å². The van der Waals surface area contributed by atoms with Gasteiger partial charge >= 0.3 is 42.1 Å². The van der Waals surface area contributed by atoms with E-state index in [0.29, 0.717) is 68.2 Å². The van der Waals surface area contributed by atoms with E-state index < -0.39 is 0 Å². The zero-order valence-corrected chi connectivity index (χ0v) is 83.3. The number of phenols is 2. The molecule has 12 heterocycles. The van der Waals surface area contributed by atoms with Gasteiger partial charge in [0.05, 0.1) is 11.5 Å². The van der Waals surface area contributed by atoms with Crippen LogP contribution in [0.3, 0.4) is 0 Å². The predicted octanol–water partition coefficient (Wildman–Crippen LogP) is 25.0. The Morgan fingerprint density at radius 2 is 0.551 bits per heavy atom. The van der Waals surface area contributed by atoms with Gasteiger partial charge in [-0.15, -0.1) is 65.2 Å². The second-order valence-corrected chi connectivity index (χ2v) is 30.4. The SMILES string of the molecule is Oc1ccccc1-c1[c-]c(-c2cccc(N(c3ccccc3)c3ccccn3)n2)ncc1.Oc1ccccc1-c1[c-]c(-c2cccc(N(c3ccccc3)c3ccccn3)n2)nnn1.[Pt+2].[Pt+2].[Pt].[Pt].[S-]c1ccccc1-c1[c-]c(-c2cccc(N(c3ccccc3)c3ccccn3)n2)cc(-c2ccccc2)n1.[S-]c1ccccc1-c1[c-]c(-c2cccc(N(c3ccccc3)c3ccccn3)n2)ncn1. The molecule has 0 bridgehead atoms. The summed E-state index contributed by atoms with van der Waals surface area (Å²) in [5, 5.41) is 32.4. The Bertz CT molecular complexity index is 6850. The molecule has 21 aromatic rings. The fraction of sp³-hybridized carbons (Fsp3) is 0. The minimum absolute atomic E-state index is 0. The quantitative estimate of drug-likeness (QED) is 0.0501. The molecule has 0 aliphatic heterocycles. The van der Waals surface area contributed by atoms with E-state index >= 15 is 0 Å². The first-order valence-corrected chi connectivity index (χ1v) is 43.3. The molecule has 0 saturated carbocycles. The Morgan fingerprint density at radius 3 is 0.971 bits per heavy atom. The number of hydrogen-bond donors (Lipinski definition) is 2. The molecule has 0 aliphatic carbocycles. The van der Waals surface area contributed by atoms with E-state index in [1.807, 2.05) is 384 Å². The molecule has 0 radical (unpaired) electrons. The van der Waals surface area contributed by atoms with Crippen molar-refractivity contribution in [3.8, 4) is 113 Å². The van der Waals surface area contributed by atoms with Gasteiger partial charge in [0.25, 0.3) is 0 Å². The van der Waals surface area contributed by atoms with Gasteiger partial charge in [-0.2, -0.15) is 10.2 Å². The van der Waals surface area contributed by atoms with Gasteiger partial charge in [-0.3, -0.25) is 59.5 Å². The van der Waals surface area contributed by atoms with Gasteiger partial charge in [-0.25, -0.2) is 29.7 Å². The van der Waals surface area contributed by atoms with E-state index in [4.69, 9.17) is 50.2 Å². The molecule has 2 N–H and O–H groups in total. The molecule has 0 saturated heterocycles. The standard InChI is InChI=1S/C33H23N4S.C27H19N4O.C26H18N5S.C25H17N6O.4Pt/c38-31-18-8-7-16-27(31)30-23-25(22-29(35-30)24-12-3-1-4-13-24)28-17-11-20-33(36-28)37(26-14-5-2-6-15-26)32-19-9-10-21-34-32;32-25-13-5-4-11-22(25)20-16-18-28-24(19-20)23-12-8-15-27(30-23)31(21-9-2-1-3-10-21)26-14-6-7-17-29-26;32-24-13-5-4-11-20(24)22-17-23(29-18-28-22)21-12-8-15-26(30-21)31(19-9-2-1-3-10-19)25-14-6-7-16-27-25;32-23-13-5-4-11-19(23)21-17-22(29-30-28-21)20-12-8-15-25(27-20)31(18-9-2-1-3-10-18)24-14-6-7-16-26-24;;;;/h1-22,38H;1-18,32H;1-16,18,32H;1-16,32H;;;;/q4*-1;;;2*+2/p-2. The maximum atomic E-state index is 10.2. The van der Waals surface area contributed by atoms with Gasteiger partial charge in [0, 0.05) is 112 Å². The van der Waals surface area contributed by atoms with Gasteiger partial charge in [0.1, 0.15) is 52.9 Å². The Hall–Kier alpha value is -15.4. The number of anilines is 12. The van der Waals surface area contributed by atoms with Crippen molar-refractivity contribution in [2.24, 2.45) is 0 Å². The average Bonchev–Trinajstić information content (AvgIpc) is 0.792. The first-order chi connectivity index (χ1) is 66.1. The predicted molar refractivity (Wildman–Crippen MR) is 530 cm³/mol. The van der Waals surface area contributed by atoms with Crippen molar-refractivity contribution in [2.45, 2.75) is 9.79 Å². The Labute approximate surface area is 866 Å². The van der Waals surface area contributed by atoms with Crippen molar-refractivity contribution in [1.82, 2.24) is 75.2 Å². The molecule has 9 aromatic carbocycles. The summed E-state index contributed by atoms with van der Waals surface area (Å²) in [6.45, 7) is 0. The normalized spacial score (nSPS) is 10.3. The van der Waals surface area contributed by atoms with Crippen molar-refractivity contribution >= 4 is 94.6 Å². The number of aromatic nitrogens is 15. The molecule has 0 spiro atoms. The Balaban J connectivity index is 0.000000146. The van der Waals surface area contributed by atoms with E-state index in [-0.39, 0.29) is 95.8 Å². The molecule has 0 fully saturated rings. The fourth-order valence-corrected chi connectivity index (χ4v) is 15.0. The number of hydrogen-bond acceptors (Lipinski definition) is 23. The molecule has 138 heavy (non-hydrogen) atoms. The van der Waals surface area contributed by atoms with Crippen LogP contribution in [0.1, 0.15) is 0 Å². The van der Waals surface area contributed by atoms with Crippen LogP contribution in [-0.4, -0.2) is 85.4 Å². The summed E-state index contributed by atoms with van der Waals surface area (Å²) < 4.78 is 0. The molecule has 12 aromatic heterocycles. The van der Waals surface area contributed by atoms with Gasteiger partial charge in [-0.05, 0) is 190 Å². The summed E-state index contributed by atoms with van der Waals surface area (Å²) in [6.07, 6.45) is 10.3. The molecular weight excluding hydrogens is 2480 g/mol. The molecule has 680 valence electrons. The van der Waals surface area contributed by atoms with Gasteiger partial charge in [-0.1, -0.05) is 265 Å². The number of pyridine rings is 10. The maximum Gasteiger partial charge on any atom is 2.00 e. The fourth-order valence-electron chi connectivity index (χ4n) is 14.5. The van der Waals surface area contributed by atoms with Crippen LogP contribution in [0.15, 0.2) is 454 Å². The topological polar surface area (TPSA) is 247 Å². The summed E-state index contributed by atoms with van der Waals surface area (Å²) in [4.78, 5) is 65.5. The smallest absolute Gasteiger partial charge is 0.792 e.